The third-order valence-electron chi connectivity index (χ3n) is 6.51. The van der Waals surface area contributed by atoms with Crippen molar-refractivity contribution in [3.63, 3.8) is 0 Å². The van der Waals surface area contributed by atoms with E-state index in [1.54, 1.807) is 136 Å². The Morgan fingerprint density at radius 2 is 0.800 bits per heavy atom. The van der Waals surface area contributed by atoms with Crippen LogP contribution in [0.15, 0.2) is 0 Å². The van der Waals surface area contributed by atoms with Gasteiger partial charge in [-0.2, -0.15) is 0 Å². The van der Waals surface area contributed by atoms with Gasteiger partial charge in [-0.15, -0.1) is 0 Å². The summed E-state index contributed by atoms with van der Waals surface area (Å²) in [6.07, 6.45) is 0. The Labute approximate surface area is 366 Å². The second-order valence-corrected chi connectivity index (χ2v) is 16.3. The Bertz CT molecular complexity index is 1530. The Hall–Kier alpha value is -0.270. The number of urea groups is 1. The second kappa shape index (κ2) is 21.6. The van der Waals surface area contributed by atoms with Crippen molar-refractivity contribution in [2.75, 3.05) is 57.6 Å². The zero-order valence-corrected chi connectivity index (χ0v) is 38.3. The molecule has 50 heavy (non-hydrogen) atoms. The van der Waals surface area contributed by atoms with Gasteiger partial charge < -0.3 is 57.6 Å². The Morgan fingerprint density at radius 1 is 0.520 bits per heavy atom. The average molecular weight is 1380 g/mol. The van der Waals surface area contributed by atoms with Crippen LogP contribution in [0.25, 0.3) is 0 Å². The molecule has 0 bridgehead atoms. The molecular weight excluding hydrogens is 1350 g/mol. The topological polar surface area (TPSA) is 284 Å². The number of benzene rings is 2. The first-order valence-corrected chi connectivity index (χ1v) is 20.4. The van der Waals surface area contributed by atoms with Gasteiger partial charge in [-0.3, -0.25) is 24.1 Å². The molecule has 2 aromatic carbocycles. The van der Waals surface area contributed by atoms with Crippen molar-refractivity contribution in [2.24, 2.45) is 5.73 Å². The van der Waals surface area contributed by atoms with Gasteiger partial charge in [0.1, 0.15) is 0 Å². The molecule has 0 aliphatic carbocycles. The lowest BCUT2D eigenvalue weighted by Crippen LogP contribution is -2.42. The first-order valence-electron chi connectivity index (χ1n) is 13.9. The average Bonchev–Trinajstić information content (AvgIpc) is 3.06. The molecule has 2 aromatic rings. The number of carbonyl (C=O) groups is 5. The van der Waals surface area contributed by atoms with E-state index >= 15 is 0 Å². The summed E-state index contributed by atoms with van der Waals surface area (Å²) in [5.41, 5.74) is 5.35. The maximum Gasteiger partial charge on any atom is 0.324 e. The van der Waals surface area contributed by atoms with E-state index in [-0.39, 0.29) is 68.1 Å². The summed E-state index contributed by atoms with van der Waals surface area (Å²) in [5, 5.41) is 67.2. The number of hydrogen-bond acceptors (Lipinski definition) is 11. The number of anilines is 2. The van der Waals surface area contributed by atoms with E-state index < -0.39 is 81.4 Å². The predicted molar refractivity (Wildman–Crippen MR) is 231 cm³/mol. The van der Waals surface area contributed by atoms with Gasteiger partial charge >= 0.3 is 6.03 Å². The summed E-state index contributed by atoms with van der Waals surface area (Å²) >= 11 is 10.7. The Morgan fingerprint density at radius 3 is 1.04 bits per heavy atom. The van der Waals surface area contributed by atoms with E-state index in [1.807, 2.05) is 0 Å². The number of amides is 6. The molecule has 6 amide bonds. The molecule has 0 unspecified atom stereocenters. The molecule has 0 saturated carbocycles. The summed E-state index contributed by atoms with van der Waals surface area (Å²) in [6.45, 7) is -3.64. The van der Waals surface area contributed by atoms with Crippen LogP contribution >= 0.6 is 136 Å². The lowest BCUT2D eigenvalue weighted by atomic mass is 10.0. The number of nitrogens with one attached hydrogen (secondary N) is 4. The SMILES string of the molecule is NC(=O)N(c1c(I)c(C(=O)NCCO)c(I)c(C(=O)NC(CO)CO)c1I)c1c(I)c(C(=O)NCCO)c(I)c(C(=O)NC(CO)CO)c1I. The predicted octanol–water partition coefficient (Wildman–Crippen LogP) is 0.141. The summed E-state index contributed by atoms with van der Waals surface area (Å²) < 4.78 is 0.579. The van der Waals surface area contributed by atoms with Crippen LogP contribution in [-0.4, -0.2) is 125 Å². The monoisotopic (exact) mass is 1380 g/mol. The zero-order valence-electron chi connectivity index (χ0n) is 25.3. The lowest BCUT2D eigenvalue weighted by molar-refractivity contribution is 0.0871. The number of rotatable bonds is 16. The molecule has 0 aromatic heterocycles. The Kier molecular flexibility index (Phi) is 19.8. The fourth-order valence-electron chi connectivity index (χ4n) is 4.15. The molecule has 0 saturated heterocycles. The maximum atomic E-state index is 13.7. The molecule has 0 heterocycles. The van der Waals surface area contributed by atoms with Crippen molar-refractivity contribution in [2.45, 2.75) is 12.1 Å². The largest absolute Gasteiger partial charge is 0.395 e. The molecule has 0 spiro atoms. The molecule has 23 heteroatoms. The third kappa shape index (κ3) is 10.5. The molecule has 0 aliphatic heterocycles. The molecular formula is C27H30I6N6O11. The molecule has 17 nitrogen and oxygen atoms in total. The number of carbonyl (C=O) groups excluding carboxylic acids is 5. The molecule has 0 fully saturated rings. The quantitative estimate of drug-likeness (QED) is 0.101. The number of nitrogens with zero attached hydrogens (tertiary/aromatic N) is 1. The van der Waals surface area contributed by atoms with Gasteiger partial charge in [-0.25, -0.2) is 4.79 Å². The lowest BCUT2D eigenvalue weighted by Gasteiger charge is -2.30. The van der Waals surface area contributed by atoms with Crippen molar-refractivity contribution >= 4 is 177 Å². The summed E-state index contributed by atoms with van der Waals surface area (Å²) in [7, 11) is 0. The number of nitrogens with two attached hydrogens (primary N) is 1. The van der Waals surface area contributed by atoms with Crippen LogP contribution in [-0.2, 0) is 0 Å². The van der Waals surface area contributed by atoms with Crippen LogP contribution in [0.4, 0.5) is 16.2 Å². The first-order chi connectivity index (χ1) is 23.6. The molecule has 2 rings (SSSR count). The van der Waals surface area contributed by atoms with E-state index in [2.05, 4.69) is 21.3 Å². The van der Waals surface area contributed by atoms with Crippen LogP contribution in [0.2, 0.25) is 0 Å². The molecule has 12 N–H and O–H groups in total. The third-order valence-corrected chi connectivity index (χ3v) is 12.9. The molecule has 0 radical (unpaired) electrons. The van der Waals surface area contributed by atoms with Crippen molar-refractivity contribution < 1.29 is 54.6 Å². The zero-order chi connectivity index (χ0) is 38.0. The molecule has 276 valence electrons. The van der Waals surface area contributed by atoms with Gasteiger partial charge in [0, 0.05) is 20.2 Å². The van der Waals surface area contributed by atoms with Gasteiger partial charge in [0.2, 0.25) is 0 Å². The highest BCUT2D eigenvalue weighted by atomic mass is 127. The summed E-state index contributed by atoms with van der Waals surface area (Å²) in [5.74, 6) is -3.14. The minimum atomic E-state index is -1.16. The molecule has 0 aliphatic rings. The highest BCUT2D eigenvalue weighted by molar-refractivity contribution is 14.1. The van der Waals surface area contributed by atoms with E-state index in [0.717, 1.165) is 4.90 Å². The van der Waals surface area contributed by atoms with E-state index in [0.29, 0.717) is 0 Å². The van der Waals surface area contributed by atoms with Crippen LogP contribution in [0, 0.1) is 21.4 Å². The van der Waals surface area contributed by atoms with Crippen LogP contribution in [0.5, 0.6) is 0 Å². The standard InChI is InChI=1S/C27H30I6N6O11/c28-15-11(23(46)35-1-3-40)17(30)21(19(32)13(15)25(48)37-9(5-42)6-43)39(27(34)50)22-18(31)12(24(47)36-2-4-41)16(29)14(20(22)33)26(49)38-10(7-44)8-45/h9-10,40-45H,1-8H2,(H2,34,50)(H,35,46)(H,36,47)(H,37,48)(H,38,49). The van der Waals surface area contributed by atoms with Gasteiger partial charge in [0.05, 0.1) is 99.6 Å². The van der Waals surface area contributed by atoms with Crippen LogP contribution < -0.4 is 31.9 Å². The fraction of sp³-hybridized carbons (Fsp3) is 0.370. The minimum Gasteiger partial charge on any atom is -0.395 e. The number of primary amides is 1. The normalized spacial score (nSPS) is 11.1. The molecule has 0 atom stereocenters. The van der Waals surface area contributed by atoms with E-state index in [9.17, 15) is 54.6 Å². The van der Waals surface area contributed by atoms with Gasteiger partial charge in [0.25, 0.3) is 23.6 Å². The van der Waals surface area contributed by atoms with Crippen molar-refractivity contribution in [1.82, 2.24) is 21.3 Å². The number of aliphatic hydroxyl groups excluding tert-OH is 6. The van der Waals surface area contributed by atoms with Crippen LogP contribution in [0.3, 0.4) is 0 Å². The van der Waals surface area contributed by atoms with Gasteiger partial charge in [-0.1, -0.05) is 0 Å². The van der Waals surface area contributed by atoms with Crippen molar-refractivity contribution in [3.05, 3.63) is 43.7 Å². The number of aliphatic hydroxyl groups is 6. The smallest absolute Gasteiger partial charge is 0.324 e. The minimum absolute atomic E-state index is 0.0732. The number of halogens is 6. The van der Waals surface area contributed by atoms with Crippen LogP contribution in [0.1, 0.15) is 41.4 Å². The van der Waals surface area contributed by atoms with Gasteiger partial charge in [-0.05, 0) is 136 Å². The fourth-order valence-corrected chi connectivity index (χ4v) is 13.4. The van der Waals surface area contributed by atoms with E-state index in [4.69, 9.17) is 5.73 Å². The highest BCUT2D eigenvalue weighted by Crippen LogP contribution is 2.45. The highest BCUT2D eigenvalue weighted by Gasteiger charge is 2.37. The van der Waals surface area contributed by atoms with Crippen molar-refractivity contribution in [3.8, 4) is 0 Å². The number of hydrogen-bond donors (Lipinski definition) is 11. The summed E-state index contributed by atoms with van der Waals surface area (Å²) in [6, 6.07) is -3.33. The summed E-state index contributed by atoms with van der Waals surface area (Å²) in [4.78, 5) is 69.0. The van der Waals surface area contributed by atoms with Gasteiger partial charge in [0.15, 0.2) is 0 Å². The van der Waals surface area contributed by atoms with E-state index in [1.165, 1.54) is 0 Å². The second-order valence-electron chi connectivity index (χ2n) is 9.78. The van der Waals surface area contributed by atoms with Crippen molar-refractivity contribution in [1.29, 1.82) is 0 Å². The Balaban J connectivity index is 3.21. The first kappa shape index (κ1) is 45.9. The maximum absolute atomic E-state index is 13.7.